The van der Waals surface area contributed by atoms with Crippen molar-refractivity contribution in [3.8, 4) is 0 Å². The molecular weight excluding hydrogens is 298 g/mol. The van der Waals surface area contributed by atoms with Gasteiger partial charge in [-0.25, -0.2) is 9.98 Å². The van der Waals surface area contributed by atoms with E-state index in [-0.39, 0.29) is 5.92 Å². The van der Waals surface area contributed by atoms with Gasteiger partial charge in [0.25, 0.3) is 0 Å². The lowest BCUT2D eigenvalue weighted by Gasteiger charge is -2.42. The lowest BCUT2D eigenvalue weighted by molar-refractivity contribution is 0.456. The molecule has 114 valence electrons. The molecule has 1 aromatic rings. The summed E-state index contributed by atoms with van der Waals surface area (Å²) in [6.45, 7) is 0. The first-order valence-electron chi connectivity index (χ1n) is 7.82. The Morgan fingerprint density at radius 1 is 0.958 bits per heavy atom. The summed E-state index contributed by atoms with van der Waals surface area (Å²) in [7, 11) is 0. The Morgan fingerprint density at radius 2 is 1.96 bits per heavy atom. The minimum Gasteiger partial charge on any atom is -0.261 e. The summed E-state index contributed by atoms with van der Waals surface area (Å²) in [6, 6.07) is 0. The zero-order valence-corrected chi connectivity index (χ0v) is 12.7. The average molecular weight is 311 g/mol. The van der Waals surface area contributed by atoms with Crippen molar-refractivity contribution in [3.05, 3.63) is 95.8 Å². The van der Waals surface area contributed by atoms with E-state index in [1.807, 2.05) is 18.2 Å². The van der Waals surface area contributed by atoms with Crippen LogP contribution in [0, 0.1) is 5.92 Å². The van der Waals surface area contributed by atoms with Crippen LogP contribution in [0.3, 0.4) is 0 Å². The normalized spacial score (nSPS) is 28.9. The van der Waals surface area contributed by atoms with Gasteiger partial charge in [-0.05, 0) is 17.2 Å². The highest BCUT2D eigenvalue weighted by Crippen LogP contribution is 2.49. The molecule has 2 heterocycles. The van der Waals surface area contributed by atoms with E-state index in [0.29, 0.717) is 11.5 Å². The van der Waals surface area contributed by atoms with Crippen LogP contribution in [0.25, 0.3) is 0 Å². The van der Waals surface area contributed by atoms with E-state index in [9.17, 15) is 0 Å². The monoisotopic (exact) mass is 311 g/mol. The molecule has 0 aromatic carbocycles. The van der Waals surface area contributed by atoms with Crippen LogP contribution in [0.4, 0.5) is 0 Å². The fourth-order valence-corrected chi connectivity index (χ4v) is 3.53. The lowest BCUT2D eigenvalue weighted by atomic mass is 9.66. The quantitative estimate of drug-likeness (QED) is 0.797. The Kier molecular flexibility index (Phi) is 2.70. The predicted molar refractivity (Wildman–Crippen MR) is 91.3 cm³/mol. The standard InChI is InChI=1S/C19H13N5/c1-2-6-15-13(4-1)8-9-14-5-3-7-17-19(14,15)24-23-18(22-17)16-12-20-10-11-21-16/h1-12,15H. The van der Waals surface area contributed by atoms with E-state index >= 15 is 0 Å². The summed E-state index contributed by atoms with van der Waals surface area (Å²) in [4.78, 5) is 13.1. The van der Waals surface area contributed by atoms with Crippen LogP contribution in [0.2, 0.25) is 0 Å². The van der Waals surface area contributed by atoms with E-state index in [0.717, 1.165) is 11.3 Å². The van der Waals surface area contributed by atoms with Gasteiger partial charge in [0.15, 0.2) is 5.54 Å². The molecule has 0 fully saturated rings. The molecule has 0 N–H and O–H groups in total. The Labute approximate surface area is 139 Å². The molecule has 2 unspecified atom stereocenters. The van der Waals surface area contributed by atoms with Gasteiger partial charge in [-0.15, -0.1) is 5.11 Å². The molecule has 24 heavy (non-hydrogen) atoms. The van der Waals surface area contributed by atoms with Gasteiger partial charge in [0.1, 0.15) is 5.69 Å². The largest absolute Gasteiger partial charge is 0.261 e. The predicted octanol–water partition coefficient (Wildman–Crippen LogP) is 3.49. The fraction of sp³-hybridized carbons (Fsp3) is 0.105. The van der Waals surface area contributed by atoms with E-state index < -0.39 is 5.54 Å². The van der Waals surface area contributed by atoms with Crippen molar-refractivity contribution in [3.63, 3.8) is 0 Å². The van der Waals surface area contributed by atoms with Crippen LogP contribution in [0.1, 0.15) is 5.69 Å². The maximum absolute atomic E-state index is 4.78. The summed E-state index contributed by atoms with van der Waals surface area (Å²) >= 11 is 0. The van der Waals surface area contributed by atoms with Crippen molar-refractivity contribution >= 4 is 5.84 Å². The number of allylic oxidation sites excluding steroid dienone is 7. The number of hydrogen-bond acceptors (Lipinski definition) is 5. The smallest absolute Gasteiger partial charge is 0.201 e. The lowest BCUT2D eigenvalue weighted by Crippen LogP contribution is -2.43. The van der Waals surface area contributed by atoms with Crippen molar-refractivity contribution in [1.82, 2.24) is 9.97 Å². The van der Waals surface area contributed by atoms with Gasteiger partial charge in [-0.1, -0.05) is 48.6 Å². The SMILES string of the molecule is C1=CC2=CC=C3C=CC=C4N=C(c5cnccn5)N=NC34C2C=C1. The number of nitrogens with zero attached hydrogens (tertiary/aromatic N) is 5. The van der Waals surface area contributed by atoms with Gasteiger partial charge in [-0.3, -0.25) is 4.98 Å². The van der Waals surface area contributed by atoms with E-state index in [1.165, 1.54) is 5.57 Å². The highest BCUT2D eigenvalue weighted by atomic mass is 15.3. The molecule has 4 aliphatic rings. The fourth-order valence-electron chi connectivity index (χ4n) is 3.53. The molecule has 2 atom stereocenters. The Bertz CT molecular complexity index is 957. The maximum Gasteiger partial charge on any atom is 0.201 e. The zero-order valence-electron chi connectivity index (χ0n) is 12.7. The molecule has 5 nitrogen and oxygen atoms in total. The van der Waals surface area contributed by atoms with Crippen LogP contribution < -0.4 is 0 Å². The Hall–Kier alpha value is -3.21. The second kappa shape index (κ2) is 4.89. The molecule has 0 radical (unpaired) electrons. The second-order valence-electron chi connectivity index (χ2n) is 5.91. The van der Waals surface area contributed by atoms with Gasteiger partial charge in [0.05, 0.1) is 11.9 Å². The minimum absolute atomic E-state index is 0.106. The van der Waals surface area contributed by atoms with Crippen molar-refractivity contribution in [2.75, 3.05) is 0 Å². The number of azo groups is 1. The van der Waals surface area contributed by atoms with Crippen molar-refractivity contribution < 1.29 is 0 Å². The molecule has 1 aromatic heterocycles. The van der Waals surface area contributed by atoms with Crippen LogP contribution in [-0.2, 0) is 0 Å². The third-order valence-electron chi connectivity index (χ3n) is 4.65. The molecule has 1 aliphatic heterocycles. The molecule has 5 heteroatoms. The van der Waals surface area contributed by atoms with E-state index in [4.69, 9.17) is 10.1 Å². The summed E-state index contributed by atoms with van der Waals surface area (Å²) in [5.74, 6) is 0.607. The molecule has 1 spiro atoms. The summed E-state index contributed by atoms with van der Waals surface area (Å²) in [5, 5.41) is 9.18. The molecule has 5 rings (SSSR count). The highest BCUT2D eigenvalue weighted by molar-refractivity contribution is 5.98. The first kappa shape index (κ1) is 13.2. The number of rotatable bonds is 1. The summed E-state index contributed by atoms with van der Waals surface area (Å²) in [6.07, 6.45) is 23.7. The Morgan fingerprint density at radius 3 is 2.88 bits per heavy atom. The maximum atomic E-state index is 4.78. The van der Waals surface area contributed by atoms with Crippen LogP contribution >= 0.6 is 0 Å². The van der Waals surface area contributed by atoms with Gasteiger partial charge < -0.3 is 0 Å². The van der Waals surface area contributed by atoms with Crippen molar-refractivity contribution in [1.29, 1.82) is 0 Å². The molecule has 3 aliphatic carbocycles. The first-order chi connectivity index (χ1) is 11.9. The van der Waals surface area contributed by atoms with E-state index in [1.54, 1.807) is 18.6 Å². The number of hydrogen-bond donors (Lipinski definition) is 0. The molecular formula is C19H13N5. The zero-order chi connectivity index (χ0) is 16.0. The molecule has 0 saturated carbocycles. The van der Waals surface area contributed by atoms with Crippen molar-refractivity contribution in [2.45, 2.75) is 5.54 Å². The van der Waals surface area contributed by atoms with Gasteiger partial charge in [0.2, 0.25) is 5.84 Å². The molecule has 0 bridgehead atoms. The first-order valence-corrected chi connectivity index (χ1v) is 7.82. The second-order valence-corrected chi connectivity index (χ2v) is 5.91. The molecule has 0 saturated heterocycles. The van der Waals surface area contributed by atoms with Gasteiger partial charge >= 0.3 is 0 Å². The number of aliphatic imine (C=N–C) groups is 1. The van der Waals surface area contributed by atoms with Gasteiger partial charge in [-0.2, -0.15) is 5.11 Å². The van der Waals surface area contributed by atoms with Crippen molar-refractivity contribution in [2.24, 2.45) is 21.1 Å². The minimum atomic E-state index is -0.578. The highest BCUT2D eigenvalue weighted by Gasteiger charge is 2.49. The van der Waals surface area contributed by atoms with Gasteiger partial charge in [0, 0.05) is 18.3 Å². The topological polar surface area (TPSA) is 62.9 Å². The van der Waals surface area contributed by atoms with Crippen LogP contribution in [0.5, 0.6) is 0 Å². The van der Waals surface area contributed by atoms with Crippen LogP contribution in [-0.4, -0.2) is 21.3 Å². The molecule has 0 amide bonds. The Balaban J connectivity index is 1.67. The number of amidine groups is 1. The number of fused-ring (bicyclic) bond motifs is 1. The third kappa shape index (κ3) is 1.72. The third-order valence-corrected chi connectivity index (χ3v) is 4.65. The van der Waals surface area contributed by atoms with E-state index in [2.05, 4.69) is 51.5 Å². The summed E-state index contributed by atoms with van der Waals surface area (Å²) < 4.78 is 0. The number of aromatic nitrogens is 2. The van der Waals surface area contributed by atoms with Crippen LogP contribution in [0.15, 0.2) is 105 Å². The summed E-state index contributed by atoms with van der Waals surface area (Å²) in [5.41, 5.74) is 3.27. The average Bonchev–Trinajstić information content (AvgIpc) is 2.67.